The molecule has 0 saturated carbocycles. The number of ether oxygens (including phenoxy) is 1. The molecule has 0 spiro atoms. The smallest absolute Gasteiger partial charge is 0.0674 e. The van der Waals surface area contributed by atoms with Crippen LogP contribution in [0.15, 0.2) is 17.5 Å². The summed E-state index contributed by atoms with van der Waals surface area (Å²) in [5.74, 6) is 0. The first-order chi connectivity index (χ1) is 8.18. The lowest BCUT2D eigenvalue weighted by Gasteiger charge is -2.33. The molecule has 1 aromatic rings. The summed E-state index contributed by atoms with van der Waals surface area (Å²) in [7, 11) is 0. The molecule has 2 rings (SSSR count). The third-order valence-corrected chi connectivity index (χ3v) is 4.15. The maximum absolute atomic E-state index is 6.18. The van der Waals surface area contributed by atoms with Gasteiger partial charge in [-0.25, -0.2) is 0 Å². The van der Waals surface area contributed by atoms with Gasteiger partial charge >= 0.3 is 0 Å². The van der Waals surface area contributed by atoms with Crippen molar-refractivity contribution in [2.45, 2.75) is 38.5 Å². The van der Waals surface area contributed by atoms with Crippen molar-refractivity contribution in [3.05, 3.63) is 22.4 Å². The van der Waals surface area contributed by atoms with E-state index in [-0.39, 0.29) is 6.04 Å². The molecule has 0 radical (unpaired) electrons. The fraction of sp³-hybridized carbons (Fsp3) is 0.692. The summed E-state index contributed by atoms with van der Waals surface area (Å²) >= 11 is 1.80. The monoisotopic (exact) mass is 254 g/mol. The van der Waals surface area contributed by atoms with Crippen molar-refractivity contribution in [1.82, 2.24) is 4.90 Å². The minimum Gasteiger partial charge on any atom is -0.377 e. The van der Waals surface area contributed by atoms with Crippen molar-refractivity contribution >= 4 is 11.3 Å². The van der Waals surface area contributed by atoms with Crippen molar-refractivity contribution < 1.29 is 4.74 Å². The van der Waals surface area contributed by atoms with Crippen molar-refractivity contribution in [3.63, 3.8) is 0 Å². The summed E-state index contributed by atoms with van der Waals surface area (Å²) < 4.78 is 5.70. The highest BCUT2D eigenvalue weighted by Crippen LogP contribution is 2.28. The second-order valence-electron chi connectivity index (χ2n) is 4.85. The second-order valence-corrected chi connectivity index (χ2v) is 5.83. The van der Waals surface area contributed by atoms with Crippen LogP contribution in [0.5, 0.6) is 0 Å². The van der Waals surface area contributed by atoms with Gasteiger partial charge in [0.05, 0.1) is 12.1 Å². The van der Waals surface area contributed by atoms with Crippen LogP contribution in [0.4, 0.5) is 0 Å². The lowest BCUT2D eigenvalue weighted by molar-refractivity contribution is 0.0587. The molecule has 96 valence electrons. The van der Waals surface area contributed by atoms with E-state index in [0.29, 0.717) is 12.1 Å². The van der Waals surface area contributed by atoms with E-state index in [1.54, 1.807) is 11.3 Å². The molecule has 4 heteroatoms. The zero-order valence-electron chi connectivity index (χ0n) is 10.6. The van der Waals surface area contributed by atoms with Crippen LogP contribution in [-0.2, 0) is 4.74 Å². The van der Waals surface area contributed by atoms with E-state index < -0.39 is 0 Å². The molecule has 1 fully saturated rings. The zero-order valence-corrected chi connectivity index (χ0v) is 11.5. The van der Waals surface area contributed by atoms with Gasteiger partial charge in [-0.15, -0.1) is 11.3 Å². The van der Waals surface area contributed by atoms with E-state index in [1.807, 2.05) is 0 Å². The van der Waals surface area contributed by atoms with E-state index in [2.05, 4.69) is 36.3 Å². The van der Waals surface area contributed by atoms with Crippen LogP contribution >= 0.6 is 11.3 Å². The Hall–Kier alpha value is -0.420. The minimum absolute atomic E-state index is 0.152. The average molecular weight is 254 g/mol. The number of rotatable bonds is 3. The van der Waals surface area contributed by atoms with Gasteiger partial charge in [0.15, 0.2) is 0 Å². The first kappa shape index (κ1) is 13.0. The van der Waals surface area contributed by atoms with Gasteiger partial charge in [0, 0.05) is 30.6 Å². The molecule has 1 aliphatic heterocycles. The fourth-order valence-corrected chi connectivity index (χ4v) is 3.48. The van der Waals surface area contributed by atoms with Gasteiger partial charge in [-0.1, -0.05) is 6.07 Å². The van der Waals surface area contributed by atoms with Crippen LogP contribution in [0.3, 0.4) is 0 Å². The highest BCUT2D eigenvalue weighted by atomic mass is 32.1. The van der Waals surface area contributed by atoms with Crippen LogP contribution < -0.4 is 5.73 Å². The van der Waals surface area contributed by atoms with Crippen LogP contribution in [0.1, 0.15) is 31.2 Å². The molecule has 0 amide bonds. The third-order valence-electron chi connectivity index (χ3n) is 3.21. The van der Waals surface area contributed by atoms with E-state index in [4.69, 9.17) is 10.5 Å². The number of hydrogen-bond donors (Lipinski definition) is 1. The summed E-state index contributed by atoms with van der Waals surface area (Å²) in [6.45, 7) is 7.16. The molecule has 17 heavy (non-hydrogen) atoms. The standard InChI is InChI=1S/C13H22N2OS/c1-10-9-15(6-4-7-16-10)13(11(2)14)12-5-3-8-17-12/h3,5,8,10-11,13H,4,6-7,9,14H2,1-2H3. The Bertz CT molecular complexity index is 326. The Balaban J connectivity index is 2.15. The zero-order chi connectivity index (χ0) is 12.3. The summed E-state index contributed by atoms with van der Waals surface area (Å²) in [5.41, 5.74) is 6.18. The Morgan fingerprint density at radius 3 is 3.06 bits per heavy atom. The molecular formula is C13H22N2OS. The molecule has 3 unspecified atom stereocenters. The van der Waals surface area contributed by atoms with Gasteiger partial charge in [-0.05, 0) is 31.7 Å². The van der Waals surface area contributed by atoms with Crippen LogP contribution in [0.25, 0.3) is 0 Å². The topological polar surface area (TPSA) is 38.5 Å². The minimum atomic E-state index is 0.152. The van der Waals surface area contributed by atoms with Gasteiger partial charge in [0.25, 0.3) is 0 Å². The number of thiophene rings is 1. The lowest BCUT2D eigenvalue weighted by atomic mass is 10.1. The summed E-state index contributed by atoms with van der Waals surface area (Å²) in [4.78, 5) is 3.85. The van der Waals surface area contributed by atoms with Crippen molar-refractivity contribution in [3.8, 4) is 0 Å². The van der Waals surface area contributed by atoms with E-state index in [1.165, 1.54) is 4.88 Å². The number of nitrogens with zero attached hydrogens (tertiary/aromatic N) is 1. The molecule has 2 heterocycles. The van der Waals surface area contributed by atoms with E-state index >= 15 is 0 Å². The molecule has 0 bridgehead atoms. The van der Waals surface area contributed by atoms with Crippen LogP contribution in [-0.4, -0.2) is 36.7 Å². The molecule has 2 N–H and O–H groups in total. The predicted octanol–water partition coefficient (Wildman–Crippen LogP) is 2.25. The Kier molecular flexibility index (Phi) is 4.56. The Morgan fingerprint density at radius 1 is 1.59 bits per heavy atom. The molecule has 0 aliphatic carbocycles. The highest BCUT2D eigenvalue weighted by Gasteiger charge is 2.27. The largest absolute Gasteiger partial charge is 0.377 e. The Morgan fingerprint density at radius 2 is 2.41 bits per heavy atom. The molecule has 1 aliphatic rings. The molecule has 3 atom stereocenters. The summed E-state index contributed by atoms with van der Waals surface area (Å²) in [6, 6.07) is 4.78. The van der Waals surface area contributed by atoms with Gasteiger partial charge < -0.3 is 10.5 Å². The summed E-state index contributed by atoms with van der Waals surface area (Å²) in [5, 5.41) is 2.13. The maximum Gasteiger partial charge on any atom is 0.0674 e. The van der Waals surface area contributed by atoms with Crippen molar-refractivity contribution in [2.24, 2.45) is 5.73 Å². The average Bonchev–Trinajstić information content (AvgIpc) is 2.69. The fourth-order valence-electron chi connectivity index (χ4n) is 2.51. The van der Waals surface area contributed by atoms with Gasteiger partial charge in [0.1, 0.15) is 0 Å². The molecule has 0 aromatic carbocycles. The van der Waals surface area contributed by atoms with E-state index in [0.717, 1.165) is 26.1 Å². The van der Waals surface area contributed by atoms with Gasteiger partial charge in [-0.2, -0.15) is 0 Å². The molecular weight excluding hydrogens is 232 g/mol. The quantitative estimate of drug-likeness (QED) is 0.899. The first-order valence-corrected chi connectivity index (χ1v) is 7.21. The Labute approximate surface area is 108 Å². The lowest BCUT2D eigenvalue weighted by Crippen LogP contribution is -2.41. The molecule has 1 aromatic heterocycles. The van der Waals surface area contributed by atoms with Crippen LogP contribution in [0.2, 0.25) is 0 Å². The normalized spacial score (nSPS) is 26.4. The SMILES string of the molecule is CC1CN(C(c2cccs2)C(C)N)CCCO1. The third kappa shape index (κ3) is 3.28. The van der Waals surface area contributed by atoms with Crippen molar-refractivity contribution in [1.29, 1.82) is 0 Å². The molecule has 3 nitrogen and oxygen atoms in total. The van der Waals surface area contributed by atoms with Gasteiger partial charge in [0.2, 0.25) is 0 Å². The number of hydrogen-bond acceptors (Lipinski definition) is 4. The summed E-state index contributed by atoms with van der Waals surface area (Å²) in [6.07, 6.45) is 1.40. The molecule has 1 saturated heterocycles. The first-order valence-electron chi connectivity index (χ1n) is 6.33. The maximum atomic E-state index is 6.18. The van der Waals surface area contributed by atoms with Crippen molar-refractivity contribution in [2.75, 3.05) is 19.7 Å². The van der Waals surface area contributed by atoms with E-state index in [9.17, 15) is 0 Å². The van der Waals surface area contributed by atoms with Crippen LogP contribution in [0, 0.1) is 0 Å². The van der Waals surface area contributed by atoms with Gasteiger partial charge in [-0.3, -0.25) is 4.90 Å². The highest BCUT2D eigenvalue weighted by molar-refractivity contribution is 7.10. The predicted molar refractivity (Wildman–Crippen MR) is 72.3 cm³/mol. The number of nitrogens with two attached hydrogens (primary N) is 1. The second kappa shape index (κ2) is 5.96.